The van der Waals surface area contributed by atoms with Crippen molar-refractivity contribution in [3.05, 3.63) is 53.2 Å². The lowest BCUT2D eigenvalue weighted by atomic mass is 10.1. The summed E-state index contributed by atoms with van der Waals surface area (Å²) in [4.78, 5) is 4.30. The maximum atomic E-state index is 9.77. The first-order valence-electron chi connectivity index (χ1n) is 6.70. The van der Waals surface area contributed by atoms with Gasteiger partial charge in [-0.1, -0.05) is 12.1 Å². The van der Waals surface area contributed by atoms with Gasteiger partial charge in [0.2, 0.25) is 5.88 Å². The normalized spacial score (nSPS) is 16.8. The molecule has 0 amide bonds. The summed E-state index contributed by atoms with van der Waals surface area (Å²) < 4.78 is 10.8. The van der Waals surface area contributed by atoms with Crippen LogP contribution in [0, 0.1) is 0 Å². The standard InChI is InChI=1S/C16H17NO3/c1-19-16-4-2-3-12(17-16)10-20-13-6-7-14-11(9-13)5-8-15(14)18/h2-4,6-7,9,15,18H,5,8,10H2,1H3/t15-/m1/s1. The molecule has 1 N–H and O–H groups in total. The molecule has 20 heavy (non-hydrogen) atoms. The summed E-state index contributed by atoms with van der Waals surface area (Å²) in [5.74, 6) is 1.39. The van der Waals surface area contributed by atoms with Crippen LogP contribution in [-0.2, 0) is 13.0 Å². The van der Waals surface area contributed by atoms with Gasteiger partial charge in [-0.25, -0.2) is 4.98 Å². The predicted octanol–water partition coefficient (Wildman–Crippen LogP) is 2.65. The van der Waals surface area contributed by atoms with Crippen molar-refractivity contribution >= 4 is 0 Å². The lowest BCUT2D eigenvalue weighted by Crippen LogP contribution is -2.00. The summed E-state index contributed by atoms with van der Waals surface area (Å²) in [5.41, 5.74) is 3.02. The van der Waals surface area contributed by atoms with Crippen molar-refractivity contribution in [1.82, 2.24) is 4.98 Å². The molecule has 1 aliphatic rings. The molecule has 2 aromatic rings. The first-order valence-corrected chi connectivity index (χ1v) is 6.70. The topological polar surface area (TPSA) is 51.6 Å². The number of pyridine rings is 1. The van der Waals surface area contributed by atoms with Gasteiger partial charge in [-0.2, -0.15) is 0 Å². The Bertz CT molecular complexity index is 612. The summed E-state index contributed by atoms with van der Waals surface area (Å²) in [6.07, 6.45) is 1.39. The molecule has 0 fully saturated rings. The lowest BCUT2D eigenvalue weighted by molar-refractivity contribution is 0.180. The number of aromatic nitrogens is 1. The van der Waals surface area contributed by atoms with Crippen LogP contribution in [0.1, 0.15) is 29.3 Å². The number of fused-ring (bicyclic) bond motifs is 1. The second-order valence-electron chi connectivity index (χ2n) is 4.88. The van der Waals surface area contributed by atoms with Crippen LogP contribution in [0.2, 0.25) is 0 Å². The minimum absolute atomic E-state index is 0.320. The highest BCUT2D eigenvalue weighted by molar-refractivity contribution is 5.39. The Kier molecular flexibility index (Phi) is 3.56. The van der Waals surface area contributed by atoms with Gasteiger partial charge in [0.05, 0.1) is 18.9 Å². The van der Waals surface area contributed by atoms with Crippen LogP contribution in [0.15, 0.2) is 36.4 Å². The molecule has 0 spiro atoms. The van der Waals surface area contributed by atoms with Gasteiger partial charge in [0.25, 0.3) is 0 Å². The molecule has 1 aromatic heterocycles. The highest BCUT2D eigenvalue weighted by atomic mass is 16.5. The third-order valence-corrected chi connectivity index (χ3v) is 3.54. The van der Waals surface area contributed by atoms with Crippen LogP contribution in [0.25, 0.3) is 0 Å². The molecular formula is C16H17NO3. The van der Waals surface area contributed by atoms with Crippen LogP contribution in [0.5, 0.6) is 11.6 Å². The van der Waals surface area contributed by atoms with Gasteiger partial charge in [-0.05, 0) is 42.2 Å². The van der Waals surface area contributed by atoms with Crippen LogP contribution in [0.4, 0.5) is 0 Å². The molecule has 3 rings (SSSR count). The van der Waals surface area contributed by atoms with Crippen LogP contribution in [0.3, 0.4) is 0 Å². The highest BCUT2D eigenvalue weighted by Gasteiger charge is 2.20. The average Bonchev–Trinajstić information content (AvgIpc) is 2.86. The van der Waals surface area contributed by atoms with Gasteiger partial charge < -0.3 is 14.6 Å². The Balaban J connectivity index is 1.69. The fourth-order valence-electron chi connectivity index (χ4n) is 2.47. The van der Waals surface area contributed by atoms with Crippen molar-refractivity contribution in [3.63, 3.8) is 0 Å². The van der Waals surface area contributed by atoms with Gasteiger partial charge in [-0.3, -0.25) is 0 Å². The van der Waals surface area contributed by atoms with Crippen molar-refractivity contribution < 1.29 is 14.6 Å². The molecule has 0 radical (unpaired) electrons. The van der Waals surface area contributed by atoms with E-state index in [0.29, 0.717) is 12.5 Å². The minimum atomic E-state index is -0.320. The van der Waals surface area contributed by atoms with Gasteiger partial charge in [0.1, 0.15) is 12.4 Å². The average molecular weight is 271 g/mol. The van der Waals surface area contributed by atoms with Crippen LogP contribution >= 0.6 is 0 Å². The Morgan fingerprint density at radius 3 is 3.05 bits per heavy atom. The molecule has 1 aliphatic carbocycles. The van der Waals surface area contributed by atoms with E-state index in [4.69, 9.17) is 9.47 Å². The minimum Gasteiger partial charge on any atom is -0.487 e. The monoisotopic (exact) mass is 271 g/mol. The van der Waals surface area contributed by atoms with E-state index in [1.54, 1.807) is 13.2 Å². The molecule has 0 aliphatic heterocycles. The summed E-state index contributed by atoms with van der Waals surface area (Å²) in [6, 6.07) is 11.4. The number of aliphatic hydroxyl groups excluding tert-OH is 1. The van der Waals surface area contributed by atoms with Crippen LogP contribution < -0.4 is 9.47 Å². The van der Waals surface area contributed by atoms with Crippen molar-refractivity contribution in [2.75, 3.05) is 7.11 Å². The second kappa shape index (κ2) is 5.51. The summed E-state index contributed by atoms with van der Waals surface area (Å²) >= 11 is 0. The Hall–Kier alpha value is -2.07. The second-order valence-corrected chi connectivity index (χ2v) is 4.88. The number of aryl methyl sites for hydroxylation is 1. The van der Waals surface area contributed by atoms with Gasteiger partial charge >= 0.3 is 0 Å². The number of aliphatic hydroxyl groups is 1. The summed E-state index contributed by atoms with van der Waals surface area (Å²) in [6.45, 7) is 0.401. The van der Waals surface area contributed by atoms with Gasteiger partial charge in [-0.15, -0.1) is 0 Å². The van der Waals surface area contributed by atoms with Gasteiger partial charge in [0, 0.05) is 6.07 Å². The van der Waals surface area contributed by atoms with E-state index in [1.165, 1.54) is 5.56 Å². The number of hydrogen-bond donors (Lipinski definition) is 1. The molecule has 0 saturated heterocycles. The smallest absolute Gasteiger partial charge is 0.213 e. The quantitative estimate of drug-likeness (QED) is 0.928. The Labute approximate surface area is 118 Å². The predicted molar refractivity (Wildman–Crippen MR) is 74.8 cm³/mol. The Morgan fingerprint density at radius 2 is 2.20 bits per heavy atom. The largest absolute Gasteiger partial charge is 0.487 e. The van der Waals surface area contributed by atoms with Crippen molar-refractivity contribution in [3.8, 4) is 11.6 Å². The SMILES string of the molecule is COc1cccc(COc2ccc3c(c2)CC[C@H]3O)n1. The molecule has 1 heterocycles. The van der Waals surface area contributed by atoms with E-state index in [-0.39, 0.29) is 6.10 Å². The fourth-order valence-corrected chi connectivity index (χ4v) is 2.47. The molecule has 4 heteroatoms. The zero-order valence-corrected chi connectivity index (χ0v) is 11.4. The molecule has 4 nitrogen and oxygen atoms in total. The zero-order valence-electron chi connectivity index (χ0n) is 11.4. The lowest BCUT2D eigenvalue weighted by Gasteiger charge is -2.09. The first-order chi connectivity index (χ1) is 9.76. The molecule has 0 bridgehead atoms. The number of nitrogens with zero attached hydrogens (tertiary/aromatic N) is 1. The number of rotatable bonds is 4. The molecule has 0 saturated carbocycles. The maximum absolute atomic E-state index is 9.77. The number of ether oxygens (including phenoxy) is 2. The number of benzene rings is 1. The number of hydrogen-bond acceptors (Lipinski definition) is 4. The molecule has 104 valence electrons. The summed E-state index contributed by atoms with van der Waals surface area (Å²) in [5, 5.41) is 9.77. The third-order valence-electron chi connectivity index (χ3n) is 3.54. The van der Waals surface area contributed by atoms with Crippen molar-refractivity contribution in [1.29, 1.82) is 0 Å². The van der Waals surface area contributed by atoms with E-state index in [1.807, 2.05) is 30.3 Å². The first kappa shape index (κ1) is 12.9. The van der Waals surface area contributed by atoms with E-state index >= 15 is 0 Å². The fraction of sp³-hybridized carbons (Fsp3) is 0.312. The maximum Gasteiger partial charge on any atom is 0.213 e. The Morgan fingerprint density at radius 1 is 1.30 bits per heavy atom. The van der Waals surface area contributed by atoms with E-state index in [0.717, 1.165) is 29.8 Å². The molecule has 1 atom stereocenters. The van der Waals surface area contributed by atoms with Crippen molar-refractivity contribution in [2.24, 2.45) is 0 Å². The third kappa shape index (κ3) is 2.60. The number of methoxy groups -OCH3 is 1. The zero-order chi connectivity index (χ0) is 13.9. The molecule has 0 unspecified atom stereocenters. The van der Waals surface area contributed by atoms with E-state index < -0.39 is 0 Å². The van der Waals surface area contributed by atoms with Crippen molar-refractivity contribution in [2.45, 2.75) is 25.6 Å². The van der Waals surface area contributed by atoms with E-state index in [2.05, 4.69) is 4.98 Å². The molecule has 1 aromatic carbocycles. The van der Waals surface area contributed by atoms with E-state index in [9.17, 15) is 5.11 Å². The summed E-state index contributed by atoms with van der Waals surface area (Å²) in [7, 11) is 1.60. The highest BCUT2D eigenvalue weighted by Crippen LogP contribution is 2.33. The molecular weight excluding hydrogens is 254 g/mol. The van der Waals surface area contributed by atoms with Gasteiger partial charge in [0.15, 0.2) is 0 Å². The van der Waals surface area contributed by atoms with Crippen LogP contribution in [-0.4, -0.2) is 17.2 Å².